The van der Waals surface area contributed by atoms with Crippen LogP contribution in [0.2, 0.25) is 0 Å². The summed E-state index contributed by atoms with van der Waals surface area (Å²) in [5, 5.41) is 1.32. The van der Waals surface area contributed by atoms with Crippen LogP contribution in [0.1, 0.15) is 33.4 Å². The van der Waals surface area contributed by atoms with E-state index in [0.29, 0.717) is 11.4 Å². The highest BCUT2D eigenvalue weighted by Gasteiger charge is 2.24. The molecular formula is C28H20N2O2S2. The molecule has 3 aromatic rings. The Hall–Kier alpha value is -3.48. The Morgan fingerprint density at radius 3 is 1.26 bits per heavy atom. The van der Waals surface area contributed by atoms with E-state index in [-0.39, 0.29) is 10.2 Å². The van der Waals surface area contributed by atoms with Crippen molar-refractivity contribution < 1.29 is 9.59 Å². The zero-order chi connectivity index (χ0) is 23.7. The lowest BCUT2D eigenvalue weighted by molar-refractivity contribution is -0.108. The predicted octanol–water partition coefficient (Wildman–Crippen LogP) is 6.43. The van der Waals surface area contributed by atoms with Crippen LogP contribution in [0.25, 0.3) is 12.2 Å². The van der Waals surface area contributed by atoms with Crippen LogP contribution in [-0.2, 0) is 9.59 Å². The minimum atomic E-state index is -0.0617. The number of hydrogen-bond donors (Lipinski definition) is 0. The van der Waals surface area contributed by atoms with E-state index in [4.69, 9.17) is 0 Å². The first-order valence-electron chi connectivity index (χ1n) is 10.7. The fraction of sp³-hybridized carbons (Fsp3) is 0.0714. The van der Waals surface area contributed by atoms with Crippen molar-refractivity contribution >= 4 is 56.0 Å². The second kappa shape index (κ2) is 9.41. The molecule has 0 N–H and O–H groups in total. The number of carbonyl (C=O) groups excluding carboxylic acids is 2. The Morgan fingerprint density at radius 1 is 0.559 bits per heavy atom. The van der Waals surface area contributed by atoms with Gasteiger partial charge in [-0.25, -0.2) is 9.98 Å². The highest BCUT2D eigenvalue weighted by atomic mass is 32.2. The third kappa shape index (κ3) is 4.88. The Morgan fingerprint density at radius 2 is 0.912 bits per heavy atom. The lowest BCUT2D eigenvalue weighted by atomic mass is 10.1. The zero-order valence-electron chi connectivity index (χ0n) is 18.6. The summed E-state index contributed by atoms with van der Waals surface area (Å²) in [5.74, 6) is 0. The summed E-state index contributed by atoms with van der Waals surface area (Å²) in [4.78, 5) is 34.0. The van der Waals surface area contributed by atoms with Crippen LogP contribution in [0.3, 0.4) is 0 Å². The van der Waals surface area contributed by atoms with E-state index >= 15 is 0 Å². The maximum atomic E-state index is 12.4. The van der Waals surface area contributed by atoms with Crippen molar-refractivity contribution in [3.8, 4) is 0 Å². The smallest absolute Gasteiger partial charge is 0.244 e. The van der Waals surface area contributed by atoms with Gasteiger partial charge in [0.25, 0.3) is 0 Å². The molecule has 0 saturated carbocycles. The van der Waals surface area contributed by atoms with Gasteiger partial charge in [0, 0.05) is 11.1 Å². The molecule has 0 atom stereocenters. The molecule has 166 valence electrons. The monoisotopic (exact) mass is 480 g/mol. The van der Waals surface area contributed by atoms with Crippen molar-refractivity contribution in [1.82, 2.24) is 0 Å². The Bertz CT molecular complexity index is 1300. The maximum Gasteiger partial charge on any atom is 0.244 e. The number of aliphatic imine (C=N–C) groups is 2. The summed E-state index contributed by atoms with van der Waals surface area (Å²) in [6.45, 7) is 4.06. The summed E-state index contributed by atoms with van der Waals surface area (Å²) in [5.41, 5.74) is 6.83. The van der Waals surface area contributed by atoms with Gasteiger partial charge in [-0.1, -0.05) is 83.9 Å². The fourth-order valence-electron chi connectivity index (χ4n) is 3.46. The molecule has 0 aromatic heterocycles. The number of nitrogens with zero attached hydrogens (tertiary/aromatic N) is 2. The van der Waals surface area contributed by atoms with Crippen LogP contribution < -0.4 is 0 Å². The number of rotatable bonds is 4. The molecule has 2 aliphatic rings. The summed E-state index contributed by atoms with van der Waals surface area (Å²) in [6, 6.07) is 23.6. The van der Waals surface area contributed by atoms with Crippen LogP contribution >= 0.6 is 23.5 Å². The molecule has 0 aliphatic carbocycles. The van der Waals surface area contributed by atoms with Gasteiger partial charge in [0.15, 0.2) is 0 Å². The minimum absolute atomic E-state index is 0.0617. The molecule has 2 heterocycles. The molecule has 0 saturated heterocycles. The minimum Gasteiger partial charge on any atom is -0.279 e. The maximum absolute atomic E-state index is 12.4. The molecule has 0 bridgehead atoms. The average molecular weight is 481 g/mol. The molecule has 2 aliphatic heterocycles. The quantitative estimate of drug-likeness (QED) is 0.404. The van der Waals surface area contributed by atoms with Crippen LogP contribution in [0.5, 0.6) is 0 Å². The van der Waals surface area contributed by atoms with Crippen LogP contribution in [0.15, 0.2) is 94.2 Å². The lowest BCUT2D eigenvalue weighted by Crippen LogP contribution is -1.92. The summed E-state index contributed by atoms with van der Waals surface area (Å²) < 4.78 is 0. The highest BCUT2D eigenvalue weighted by molar-refractivity contribution is 8.28. The molecule has 6 heteroatoms. The van der Waals surface area contributed by atoms with Crippen molar-refractivity contribution in [3.63, 3.8) is 0 Å². The molecule has 0 radical (unpaired) electrons. The van der Waals surface area contributed by atoms with E-state index in [1.807, 2.05) is 86.6 Å². The molecule has 0 unspecified atom stereocenters. The predicted molar refractivity (Wildman–Crippen MR) is 143 cm³/mol. The SMILES string of the molecule is Cc1ccc(C2=N/C(=C\c3ccc(/C=C4\N=C(c5ccc(C)cc5)SC4=O)cc3)C(=O)S2)cc1. The van der Waals surface area contributed by atoms with E-state index < -0.39 is 0 Å². The topological polar surface area (TPSA) is 58.9 Å². The first kappa shape index (κ1) is 22.3. The molecule has 0 amide bonds. The van der Waals surface area contributed by atoms with Gasteiger partial charge in [-0.05, 0) is 60.7 Å². The summed E-state index contributed by atoms with van der Waals surface area (Å²) in [7, 11) is 0. The van der Waals surface area contributed by atoms with Gasteiger partial charge in [-0.15, -0.1) is 0 Å². The normalized spacial score (nSPS) is 18.1. The zero-order valence-corrected chi connectivity index (χ0v) is 20.2. The Kier molecular flexibility index (Phi) is 6.18. The summed E-state index contributed by atoms with van der Waals surface area (Å²) in [6.07, 6.45) is 3.58. The van der Waals surface area contributed by atoms with Gasteiger partial charge < -0.3 is 0 Å². The standard InChI is InChI=1S/C28H20N2O2S2/c1-17-3-11-21(12-4-17)25-29-23(27(31)33-25)15-19-7-9-20(10-8-19)16-24-28(32)34-26(30-24)22-13-5-18(2)6-14-22/h3-16H,1-2H3/b23-15-,24-16-. The van der Waals surface area contributed by atoms with Gasteiger partial charge in [0.05, 0.1) is 0 Å². The van der Waals surface area contributed by atoms with Crippen molar-refractivity contribution in [2.24, 2.45) is 9.98 Å². The summed E-state index contributed by atoms with van der Waals surface area (Å²) >= 11 is 2.31. The number of carbonyl (C=O) groups is 2. The molecule has 34 heavy (non-hydrogen) atoms. The Labute approximate surface area is 206 Å². The van der Waals surface area contributed by atoms with E-state index in [1.165, 1.54) is 11.1 Å². The fourth-order valence-corrected chi connectivity index (χ4v) is 5.03. The van der Waals surface area contributed by atoms with Gasteiger partial charge in [-0.3, -0.25) is 9.59 Å². The second-order valence-corrected chi connectivity index (χ2v) is 9.99. The number of aryl methyl sites for hydroxylation is 2. The van der Waals surface area contributed by atoms with Gasteiger partial charge in [-0.2, -0.15) is 0 Å². The number of thioether (sulfide) groups is 2. The lowest BCUT2D eigenvalue weighted by Gasteiger charge is -1.98. The van der Waals surface area contributed by atoms with Crippen molar-refractivity contribution in [1.29, 1.82) is 0 Å². The molecule has 3 aromatic carbocycles. The third-order valence-corrected chi connectivity index (χ3v) is 7.21. The van der Waals surface area contributed by atoms with Crippen LogP contribution in [-0.4, -0.2) is 20.3 Å². The third-order valence-electron chi connectivity index (χ3n) is 5.38. The first-order chi connectivity index (χ1) is 16.4. The van der Waals surface area contributed by atoms with Crippen molar-refractivity contribution in [3.05, 3.63) is 118 Å². The van der Waals surface area contributed by atoms with Crippen LogP contribution in [0.4, 0.5) is 0 Å². The second-order valence-electron chi connectivity index (χ2n) is 8.07. The van der Waals surface area contributed by atoms with Gasteiger partial charge in [0.2, 0.25) is 10.2 Å². The average Bonchev–Trinajstić information content (AvgIpc) is 3.38. The molecule has 0 fully saturated rings. The van der Waals surface area contributed by atoms with Crippen molar-refractivity contribution in [2.75, 3.05) is 0 Å². The first-order valence-corrected chi connectivity index (χ1v) is 12.4. The van der Waals surface area contributed by atoms with Crippen LogP contribution in [0, 0.1) is 13.8 Å². The molecule has 5 rings (SSSR count). The number of benzene rings is 3. The molecule has 0 spiro atoms. The van der Waals surface area contributed by atoms with E-state index in [9.17, 15) is 9.59 Å². The van der Waals surface area contributed by atoms with Crippen molar-refractivity contribution in [2.45, 2.75) is 13.8 Å². The van der Waals surface area contributed by atoms with Gasteiger partial charge >= 0.3 is 0 Å². The number of hydrogen-bond acceptors (Lipinski definition) is 6. The van der Waals surface area contributed by atoms with E-state index in [0.717, 1.165) is 55.9 Å². The largest absolute Gasteiger partial charge is 0.279 e. The molecule has 4 nitrogen and oxygen atoms in total. The van der Waals surface area contributed by atoms with E-state index in [1.54, 1.807) is 12.2 Å². The Balaban J connectivity index is 1.34. The van der Waals surface area contributed by atoms with E-state index in [2.05, 4.69) is 9.98 Å². The van der Waals surface area contributed by atoms with Gasteiger partial charge in [0.1, 0.15) is 21.5 Å². The molecular weight excluding hydrogens is 460 g/mol. The highest BCUT2D eigenvalue weighted by Crippen LogP contribution is 2.31.